The third-order valence-electron chi connectivity index (χ3n) is 5.46. The maximum absolute atomic E-state index is 14.4. The molecule has 5 aromatic rings. The van der Waals surface area contributed by atoms with Crippen LogP contribution in [0, 0.1) is 12.7 Å². The minimum atomic E-state index is -0.405. The van der Waals surface area contributed by atoms with Crippen molar-refractivity contribution in [2.45, 2.75) is 24.3 Å². The van der Waals surface area contributed by atoms with Gasteiger partial charge in [-0.15, -0.1) is 0 Å². The third-order valence-corrected chi connectivity index (χ3v) is 6.52. The summed E-state index contributed by atoms with van der Waals surface area (Å²) in [5.41, 5.74) is 1.48. The van der Waals surface area contributed by atoms with E-state index in [2.05, 4.69) is 9.97 Å². The van der Waals surface area contributed by atoms with E-state index in [-0.39, 0.29) is 16.4 Å². The lowest BCUT2D eigenvalue weighted by atomic mass is 10.2. The van der Waals surface area contributed by atoms with Crippen LogP contribution in [0.5, 0.6) is 0 Å². The lowest BCUT2D eigenvalue weighted by molar-refractivity contribution is 0.615. The van der Waals surface area contributed by atoms with Gasteiger partial charge in [-0.05, 0) is 55.8 Å². The van der Waals surface area contributed by atoms with Gasteiger partial charge in [0, 0.05) is 0 Å². The highest BCUT2D eigenvalue weighted by Crippen LogP contribution is 2.33. The number of aromatic nitrogens is 4. The molecule has 0 saturated carbocycles. The molecule has 0 fully saturated rings. The number of H-pyrrole nitrogens is 1. The smallest absolute Gasteiger partial charge is 0.266 e. The van der Waals surface area contributed by atoms with Crippen molar-refractivity contribution in [3.05, 3.63) is 105 Å². The Morgan fingerprint density at radius 1 is 0.939 bits per heavy atom. The average molecular weight is 459 g/mol. The molecule has 0 aliphatic rings. The fourth-order valence-electron chi connectivity index (χ4n) is 3.65. The van der Waals surface area contributed by atoms with E-state index in [0.717, 1.165) is 0 Å². The number of aryl methyl sites for hydroxylation is 1. The van der Waals surface area contributed by atoms with Crippen LogP contribution in [0.3, 0.4) is 0 Å². The Kier molecular flexibility index (Phi) is 5.30. The summed E-state index contributed by atoms with van der Waals surface area (Å²) in [7, 11) is 0. The molecule has 3 aromatic carbocycles. The van der Waals surface area contributed by atoms with E-state index in [9.17, 15) is 14.0 Å². The topological polar surface area (TPSA) is 80.6 Å². The van der Waals surface area contributed by atoms with Crippen LogP contribution < -0.4 is 11.1 Å². The number of fused-ring (bicyclic) bond motifs is 2. The van der Waals surface area contributed by atoms with Gasteiger partial charge in [0.25, 0.3) is 11.1 Å². The predicted octanol–water partition coefficient (Wildman–Crippen LogP) is 4.92. The lowest BCUT2D eigenvalue weighted by Crippen LogP contribution is -2.22. The first kappa shape index (κ1) is 21.1. The zero-order valence-corrected chi connectivity index (χ0v) is 18.7. The van der Waals surface area contributed by atoms with Gasteiger partial charge in [-0.3, -0.25) is 14.2 Å². The van der Waals surface area contributed by atoms with Crippen molar-refractivity contribution >= 4 is 33.6 Å². The van der Waals surface area contributed by atoms with Gasteiger partial charge in [-0.1, -0.05) is 42.1 Å². The number of aromatic amines is 1. The molecular formula is C25H19FN4O2S. The standard InChI is InChI=1S/C25H19FN4O2S/c1-14-11-12-16(13-19(14)26)30-24(32)18-8-4-6-10-21(18)28-25(30)33-15(2)22-27-20-9-5-3-7-17(20)23(31)29-22/h3-13,15H,1-2H3,(H,27,29,31). The number of rotatable bonds is 4. The fourth-order valence-corrected chi connectivity index (χ4v) is 4.64. The number of thioether (sulfide) groups is 1. The SMILES string of the molecule is Cc1ccc(-n2c(SC(C)c3nc4ccccc4c(=O)[nH]3)nc3ccccc3c2=O)cc1F. The lowest BCUT2D eigenvalue weighted by Gasteiger charge is -2.16. The molecule has 33 heavy (non-hydrogen) atoms. The van der Waals surface area contributed by atoms with Crippen LogP contribution in [0.15, 0.2) is 81.5 Å². The molecular weight excluding hydrogens is 439 g/mol. The van der Waals surface area contributed by atoms with Crippen molar-refractivity contribution in [2.24, 2.45) is 0 Å². The van der Waals surface area contributed by atoms with Gasteiger partial charge in [0.15, 0.2) is 5.16 Å². The molecule has 0 spiro atoms. The summed E-state index contributed by atoms with van der Waals surface area (Å²) in [5, 5.41) is 0.990. The highest BCUT2D eigenvalue weighted by atomic mass is 32.2. The van der Waals surface area contributed by atoms with E-state index in [4.69, 9.17) is 4.98 Å². The maximum Gasteiger partial charge on any atom is 0.266 e. The zero-order valence-electron chi connectivity index (χ0n) is 17.9. The first-order valence-corrected chi connectivity index (χ1v) is 11.2. The van der Waals surface area contributed by atoms with Crippen molar-refractivity contribution in [3.63, 3.8) is 0 Å². The molecule has 0 saturated heterocycles. The monoisotopic (exact) mass is 458 g/mol. The van der Waals surface area contributed by atoms with Gasteiger partial charge in [0.1, 0.15) is 11.6 Å². The minimum Gasteiger partial charge on any atom is -0.309 e. The predicted molar refractivity (Wildman–Crippen MR) is 129 cm³/mol. The minimum absolute atomic E-state index is 0.229. The molecule has 0 aliphatic heterocycles. The number of hydrogen-bond donors (Lipinski definition) is 1. The molecule has 0 radical (unpaired) electrons. The molecule has 2 heterocycles. The Morgan fingerprint density at radius 2 is 1.61 bits per heavy atom. The summed E-state index contributed by atoms with van der Waals surface area (Å²) in [4.78, 5) is 38.1. The second kappa shape index (κ2) is 8.29. The van der Waals surface area contributed by atoms with Crippen LogP contribution in [0.1, 0.15) is 23.6 Å². The first-order valence-electron chi connectivity index (χ1n) is 10.4. The zero-order chi connectivity index (χ0) is 23.1. The second-order valence-electron chi connectivity index (χ2n) is 7.71. The van der Waals surface area contributed by atoms with Crippen molar-refractivity contribution in [3.8, 4) is 5.69 Å². The molecule has 0 aliphatic carbocycles. The molecule has 2 aromatic heterocycles. The molecule has 0 amide bonds. The molecule has 6 nitrogen and oxygen atoms in total. The highest BCUT2D eigenvalue weighted by molar-refractivity contribution is 7.99. The van der Waals surface area contributed by atoms with Gasteiger partial charge < -0.3 is 4.98 Å². The van der Waals surface area contributed by atoms with Crippen LogP contribution in [0.4, 0.5) is 4.39 Å². The Bertz CT molecular complexity index is 1640. The number of halogens is 1. The summed E-state index contributed by atoms with van der Waals surface area (Å²) < 4.78 is 15.8. The number of nitrogens with zero attached hydrogens (tertiary/aromatic N) is 3. The number of nitrogens with one attached hydrogen (secondary N) is 1. The van der Waals surface area contributed by atoms with E-state index in [0.29, 0.717) is 44.0 Å². The summed E-state index contributed by atoms with van der Waals surface area (Å²) in [6.07, 6.45) is 0. The normalized spacial score (nSPS) is 12.3. The molecule has 0 bridgehead atoms. The molecule has 1 unspecified atom stereocenters. The quantitative estimate of drug-likeness (QED) is 0.305. The molecule has 164 valence electrons. The summed E-state index contributed by atoms with van der Waals surface area (Å²) in [6, 6.07) is 18.8. The van der Waals surface area contributed by atoms with Gasteiger partial charge in [-0.25, -0.2) is 14.4 Å². The molecule has 5 rings (SSSR count). The van der Waals surface area contributed by atoms with Crippen molar-refractivity contribution in [2.75, 3.05) is 0 Å². The first-order chi connectivity index (χ1) is 15.9. The van der Waals surface area contributed by atoms with Crippen LogP contribution in [-0.2, 0) is 0 Å². The highest BCUT2D eigenvalue weighted by Gasteiger charge is 2.19. The fraction of sp³-hybridized carbons (Fsp3) is 0.120. The van der Waals surface area contributed by atoms with Crippen molar-refractivity contribution < 1.29 is 4.39 Å². The van der Waals surface area contributed by atoms with Gasteiger partial charge in [0.2, 0.25) is 0 Å². The van der Waals surface area contributed by atoms with E-state index in [1.54, 1.807) is 55.5 Å². The number of benzene rings is 3. The van der Waals surface area contributed by atoms with Crippen LogP contribution in [-0.4, -0.2) is 19.5 Å². The number of hydrogen-bond acceptors (Lipinski definition) is 5. The molecule has 1 N–H and O–H groups in total. The van der Waals surface area contributed by atoms with E-state index >= 15 is 0 Å². The van der Waals surface area contributed by atoms with Crippen LogP contribution in [0.2, 0.25) is 0 Å². The van der Waals surface area contributed by atoms with Gasteiger partial charge in [-0.2, -0.15) is 0 Å². The summed E-state index contributed by atoms with van der Waals surface area (Å²) >= 11 is 1.27. The summed E-state index contributed by atoms with van der Waals surface area (Å²) in [6.45, 7) is 3.54. The van der Waals surface area contributed by atoms with Crippen LogP contribution >= 0.6 is 11.8 Å². The Labute approximate surface area is 192 Å². The second-order valence-corrected chi connectivity index (χ2v) is 9.02. The van der Waals surface area contributed by atoms with Crippen molar-refractivity contribution in [1.82, 2.24) is 19.5 Å². The van der Waals surface area contributed by atoms with Gasteiger partial charge in [0.05, 0.1) is 32.7 Å². The Hall–Kier alpha value is -3.78. The molecule has 8 heteroatoms. The average Bonchev–Trinajstić information content (AvgIpc) is 2.81. The Morgan fingerprint density at radius 3 is 2.33 bits per heavy atom. The van der Waals surface area contributed by atoms with Crippen molar-refractivity contribution in [1.29, 1.82) is 0 Å². The van der Waals surface area contributed by atoms with Gasteiger partial charge >= 0.3 is 0 Å². The van der Waals surface area contributed by atoms with E-state index in [1.165, 1.54) is 22.4 Å². The van der Waals surface area contributed by atoms with E-state index in [1.807, 2.05) is 19.1 Å². The van der Waals surface area contributed by atoms with Crippen LogP contribution in [0.25, 0.3) is 27.5 Å². The maximum atomic E-state index is 14.4. The Balaban J connectivity index is 1.66. The van der Waals surface area contributed by atoms with E-state index < -0.39 is 5.82 Å². The number of para-hydroxylation sites is 2. The largest absolute Gasteiger partial charge is 0.309 e. The molecule has 1 atom stereocenters. The summed E-state index contributed by atoms with van der Waals surface area (Å²) in [5.74, 6) is 0.0600. The third kappa shape index (κ3) is 3.82.